The molecule has 0 aliphatic carbocycles. The number of amides is 1. The molecule has 0 spiro atoms. The van der Waals surface area contributed by atoms with Crippen molar-refractivity contribution < 1.29 is 4.79 Å². The van der Waals surface area contributed by atoms with Gasteiger partial charge in [-0.2, -0.15) is 0 Å². The first-order valence-electron chi connectivity index (χ1n) is 9.32. The summed E-state index contributed by atoms with van der Waals surface area (Å²) in [6.07, 6.45) is 4.37. The number of benzene rings is 1. The van der Waals surface area contributed by atoms with E-state index in [1.54, 1.807) is 11.3 Å². The summed E-state index contributed by atoms with van der Waals surface area (Å²) in [5.74, 6) is 0.702. The normalized spacial score (nSPS) is 17.4. The topological polar surface area (TPSA) is 48.1 Å². The SMILES string of the molecule is CC(C(=O)NCc1cccs1)N1CCC(c2c[nH]c3ccccc23)CC1. The van der Waals surface area contributed by atoms with Crippen molar-refractivity contribution in [1.82, 2.24) is 15.2 Å². The van der Waals surface area contributed by atoms with Crippen molar-refractivity contribution in [2.75, 3.05) is 13.1 Å². The lowest BCUT2D eigenvalue weighted by Crippen LogP contribution is -2.47. The van der Waals surface area contributed by atoms with Crippen LogP contribution in [0.2, 0.25) is 0 Å². The van der Waals surface area contributed by atoms with Crippen molar-refractivity contribution in [2.45, 2.75) is 38.3 Å². The van der Waals surface area contributed by atoms with Crippen LogP contribution in [0.1, 0.15) is 36.1 Å². The molecule has 1 amide bonds. The van der Waals surface area contributed by atoms with Gasteiger partial charge in [-0.3, -0.25) is 9.69 Å². The molecule has 2 N–H and O–H groups in total. The molecule has 1 atom stereocenters. The fraction of sp³-hybridized carbons (Fsp3) is 0.381. The Kier molecular flexibility index (Phi) is 5.09. The molecule has 1 unspecified atom stereocenters. The summed E-state index contributed by atoms with van der Waals surface area (Å²) in [7, 11) is 0. The fourth-order valence-corrected chi connectivity index (χ4v) is 4.57. The molecular formula is C21H25N3OS. The van der Waals surface area contributed by atoms with Crippen LogP contribution >= 0.6 is 11.3 Å². The molecule has 0 saturated carbocycles. The Hall–Kier alpha value is -2.11. The number of para-hydroxylation sites is 1. The van der Waals surface area contributed by atoms with E-state index in [4.69, 9.17) is 0 Å². The number of nitrogens with one attached hydrogen (secondary N) is 2. The molecule has 5 heteroatoms. The highest BCUT2D eigenvalue weighted by molar-refractivity contribution is 7.09. The highest BCUT2D eigenvalue weighted by Gasteiger charge is 2.28. The Morgan fingerprint density at radius 1 is 1.27 bits per heavy atom. The molecule has 1 aromatic carbocycles. The van der Waals surface area contributed by atoms with Crippen LogP contribution in [-0.4, -0.2) is 34.9 Å². The van der Waals surface area contributed by atoms with Gasteiger partial charge >= 0.3 is 0 Å². The second-order valence-corrected chi connectivity index (χ2v) is 8.11. The van der Waals surface area contributed by atoms with Crippen molar-refractivity contribution in [3.8, 4) is 0 Å². The van der Waals surface area contributed by atoms with Gasteiger partial charge in [0.15, 0.2) is 0 Å². The van der Waals surface area contributed by atoms with Gasteiger partial charge in [-0.15, -0.1) is 11.3 Å². The lowest BCUT2D eigenvalue weighted by Gasteiger charge is -2.35. The van der Waals surface area contributed by atoms with Gasteiger partial charge in [0.25, 0.3) is 0 Å². The van der Waals surface area contributed by atoms with E-state index >= 15 is 0 Å². The van der Waals surface area contributed by atoms with E-state index in [0.717, 1.165) is 25.9 Å². The van der Waals surface area contributed by atoms with Crippen molar-refractivity contribution in [3.05, 3.63) is 58.4 Å². The number of aromatic nitrogens is 1. The van der Waals surface area contributed by atoms with E-state index in [0.29, 0.717) is 12.5 Å². The summed E-state index contributed by atoms with van der Waals surface area (Å²) in [5, 5.41) is 6.45. The van der Waals surface area contributed by atoms with Crippen molar-refractivity contribution in [1.29, 1.82) is 0 Å². The molecule has 2 aromatic heterocycles. The first kappa shape index (κ1) is 17.3. The lowest BCUT2D eigenvalue weighted by molar-refractivity contribution is -0.126. The summed E-state index contributed by atoms with van der Waals surface area (Å²) >= 11 is 1.68. The molecule has 26 heavy (non-hydrogen) atoms. The largest absolute Gasteiger partial charge is 0.361 e. The van der Waals surface area contributed by atoms with E-state index in [9.17, 15) is 4.79 Å². The summed E-state index contributed by atoms with van der Waals surface area (Å²) in [6.45, 7) is 4.60. The summed E-state index contributed by atoms with van der Waals surface area (Å²) in [5.41, 5.74) is 2.64. The molecule has 1 saturated heterocycles. The number of rotatable bonds is 5. The third-order valence-electron chi connectivity index (χ3n) is 5.53. The number of hydrogen-bond acceptors (Lipinski definition) is 3. The van der Waals surface area contributed by atoms with Crippen LogP contribution in [0.3, 0.4) is 0 Å². The Morgan fingerprint density at radius 2 is 2.08 bits per heavy atom. The van der Waals surface area contributed by atoms with Gasteiger partial charge in [-0.05, 0) is 61.8 Å². The minimum Gasteiger partial charge on any atom is -0.361 e. The zero-order valence-corrected chi connectivity index (χ0v) is 15.9. The summed E-state index contributed by atoms with van der Waals surface area (Å²) in [6, 6.07) is 12.5. The maximum absolute atomic E-state index is 12.5. The van der Waals surface area contributed by atoms with Crippen molar-refractivity contribution in [3.63, 3.8) is 0 Å². The van der Waals surface area contributed by atoms with Crippen LogP contribution in [0.4, 0.5) is 0 Å². The highest BCUT2D eigenvalue weighted by Crippen LogP contribution is 2.33. The number of carbonyl (C=O) groups is 1. The first-order valence-corrected chi connectivity index (χ1v) is 10.2. The van der Waals surface area contributed by atoms with Crippen LogP contribution in [-0.2, 0) is 11.3 Å². The molecule has 4 nitrogen and oxygen atoms in total. The Labute approximate surface area is 158 Å². The van der Waals surface area contributed by atoms with Gasteiger partial charge in [-0.1, -0.05) is 24.3 Å². The predicted octanol–water partition coefficient (Wildman–Crippen LogP) is 4.11. The van der Waals surface area contributed by atoms with Gasteiger partial charge in [0.1, 0.15) is 0 Å². The zero-order valence-electron chi connectivity index (χ0n) is 15.1. The smallest absolute Gasteiger partial charge is 0.237 e. The van der Waals surface area contributed by atoms with Crippen molar-refractivity contribution in [2.24, 2.45) is 0 Å². The second-order valence-electron chi connectivity index (χ2n) is 7.07. The van der Waals surface area contributed by atoms with Gasteiger partial charge in [-0.25, -0.2) is 0 Å². The average molecular weight is 368 g/mol. The third-order valence-corrected chi connectivity index (χ3v) is 6.41. The van der Waals surface area contributed by atoms with Crippen LogP contribution in [0.25, 0.3) is 10.9 Å². The molecule has 3 aromatic rings. The Balaban J connectivity index is 1.33. The van der Waals surface area contributed by atoms with Crippen molar-refractivity contribution >= 4 is 28.1 Å². The van der Waals surface area contributed by atoms with E-state index in [-0.39, 0.29) is 11.9 Å². The fourth-order valence-electron chi connectivity index (χ4n) is 3.93. The minimum atomic E-state index is -0.0705. The maximum atomic E-state index is 12.5. The monoisotopic (exact) mass is 367 g/mol. The quantitative estimate of drug-likeness (QED) is 0.713. The maximum Gasteiger partial charge on any atom is 0.237 e. The van der Waals surface area contributed by atoms with Gasteiger partial charge in [0.2, 0.25) is 5.91 Å². The lowest BCUT2D eigenvalue weighted by atomic mass is 9.88. The van der Waals surface area contributed by atoms with Gasteiger partial charge in [0, 0.05) is 22.0 Å². The number of aromatic amines is 1. The van der Waals surface area contributed by atoms with E-state index in [1.165, 1.54) is 21.3 Å². The molecule has 4 rings (SSSR count). The number of thiophene rings is 1. The summed E-state index contributed by atoms with van der Waals surface area (Å²) < 4.78 is 0. The van der Waals surface area contributed by atoms with E-state index in [1.807, 2.05) is 18.4 Å². The molecule has 0 radical (unpaired) electrons. The number of nitrogens with zero attached hydrogens (tertiary/aromatic N) is 1. The molecular weight excluding hydrogens is 342 g/mol. The summed E-state index contributed by atoms with van der Waals surface area (Å²) in [4.78, 5) is 19.4. The number of fused-ring (bicyclic) bond motifs is 1. The molecule has 1 fully saturated rings. The third kappa shape index (κ3) is 3.55. The van der Waals surface area contributed by atoms with Crippen LogP contribution in [0.5, 0.6) is 0 Å². The van der Waals surface area contributed by atoms with E-state index in [2.05, 4.69) is 51.7 Å². The molecule has 0 bridgehead atoms. The standard InChI is InChI=1S/C21H25N3OS/c1-15(21(25)23-13-17-5-4-12-26-17)24-10-8-16(9-11-24)19-14-22-20-7-3-2-6-18(19)20/h2-7,12,14-16,22H,8-11,13H2,1H3,(H,23,25). The molecule has 1 aliphatic rings. The Morgan fingerprint density at radius 3 is 2.85 bits per heavy atom. The molecule has 3 heterocycles. The van der Waals surface area contributed by atoms with Crippen LogP contribution in [0, 0.1) is 0 Å². The number of hydrogen-bond donors (Lipinski definition) is 2. The first-order chi connectivity index (χ1) is 12.7. The highest BCUT2D eigenvalue weighted by atomic mass is 32.1. The van der Waals surface area contributed by atoms with Crippen LogP contribution in [0.15, 0.2) is 48.0 Å². The molecule has 1 aliphatic heterocycles. The Bertz CT molecular complexity index is 862. The van der Waals surface area contributed by atoms with Gasteiger partial charge in [0.05, 0.1) is 12.6 Å². The number of piperidine rings is 1. The van der Waals surface area contributed by atoms with E-state index < -0.39 is 0 Å². The number of likely N-dealkylation sites (tertiary alicyclic amines) is 1. The average Bonchev–Trinajstić information content (AvgIpc) is 3.35. The van der Waals surface area contributed by atoms with Gasteiger partial charge < -0.3 is 10.3 Å². The number of carbonyl (C=O) groups excluding carboxylic acids is 1. The zero-order chi connectivity index (χ0) is 17.9. The minimum absolute atomic E-state index is 0.0705. The predicted molar refractivity (Wildman–Crippen MR) is 107 cm³/mol. The van der Waals surface area contributed by atoms with Crippen LogP contribution < -0.4 is 5.32 Å². The second kappa shape index (κ2) is 7.64. The number of H-pyrrole nitrogens is 1. The molecule has 136 valence electrons.